The first-order chi connectivity index (χ1) is 5.81. The van der Waals surface area contributed by atoms with E-state index in [1.165, 1.54) is 0 Å². The molecule has 2 rings (SSSR count). The number of fused-ring (bicyclic) bond motifs is 1. The molecule has 0 saturated heterocycles. The van der Waals surface area contributed by atoms with Crippen LogP contribution >= 0.6 is 0 Å². The maximum atomic E-state index is 5.12. The zero-order valence-electron chi connectivity index (χ0n) is 6.92. The summed E-state index contributed by atoms with van der Waals surface area (Å²) in [7, 11) is 1.63. The molecule has 0 unspecified atom stereocenters. The van der Waals surface area contributed by atoms with Crippen LogP contribution in [0.25, 0.3) is 0 Å². The summed E-state index contributed by atoms with van der Waals surface area (Å²) in [5.41, 5.74) is 1.86. The van der Waals surface area contributed by atoms with E-state index in [-0.39, 0.29) is 0 Å². The summed E-state index contributed by atoms with van der Waals surface area (Å²) in [5.74, 6) is 1.52. The highest BCUT2D eigenvalue weighted by atomic mass is 16.5. The minimum atomic E-state index is 0.706. The summed E-state index contributed by atoms with van der Waals surface area (Å²) >= 11 is 0. The van der Waals surface area contributed by atoms with E-state index >= 15 is 0 Å². The Bertz CT molecular complexity index is 344. The van der Waals surface area contributed by atoms with Crippen molar-refractivity contribution in [3.8, 4) is 11.5 Å². The van der Waals surface area contributed by atoms with Crippen molar-refractivity contribution in [2.24, 2.45) is 4.99 Å². The summed E-state index contributed by atoms with van der Waals surface area (Å²) in [6.07, 6.45) is 2.44. The normalized spacial score (nSPS) is 11.8. The Labute approximate surface area is 70.6 Å². The SMILES string of the molecule is COc1cc2c(cc1C)N=[C+]O2. The predicted molar refractivity (Wildman–Crippen MR) is 45.5 cm³/mol. The molecule has 0 fully saturated rings. The minimum absolute atomic E-state index is 0.706. The Hall–Kier alpha value is -1.60. The molecule has 0 bridgehead atoms. The number of hydrogen-bond donors (Lipinski definition) is 0. The molecule has 0 atom stereocenters. The predicted octanol–water partition coefficient (Wildman–Crippen LogP) is 1.93. The van der Waals surface area contributed by atoms with Crippen molar-refractivity contribution in [1.82, 2.24) is 0 Å². The van der Waals surface area contributed by atoms with E-state index in [4.69, 9.17) is 9.47 Å². The summed E-state index contributed by atoms with van der Waals surface area (Å²) in [6.45, 7) is 1.97. The minimum Gasteiger partial charge on any atom is -0.495 e. The van der Waals surface area contributed by atoms with Crippen LogP contribution in [0.3, 0.4) is 0 Å². The highest BCUT2D eigenvalue weighted by Crippen LogP contribution is 2.36. The smallest absolute Gasteiger partial charge is 0.370 e. The lowest BCUT2D eigenvalue weighted by atomic mass is 10.2. The van der Waals surface area contributed by atoms with Crippen LogP contribution < -0.4 is 9.47 Å². The van der Waals surface area contributed by atoms with E-state index < -0.39 is 0 Å². The van der Waals surface area contributed by atoms with Crippen molar-refractivity contribution >= 4 is 12.1 Å². The number of hydrogen-bond acceptors (Lipinski definition) is 3. The molecular formula is C9H8NO2+. The Balaban J connectivity index is 2.54. The van der Waals surface area contributed by atoms with Gasteiger partial charge in [0.1, 0.15) is 5.75 Å². The van der Waals surface area contributed by atoms with Crippen LogP contribution in [0.2, 0.25) is 0 Å². The third-order valence-corrected chi connectivity index (χ3v) is 1.80. The van der Waals surface area contributed by atoms with E-state index in [2.05, 4.69) is 11.4 Å². The molecule has 0 aliphatic carbocycles. The molecule has 1 aromatic carbocycles. The standard InChI is InChI=1S/C9H8NO2/c1-6-3-7-9(12-5-10-7)4-8(6)11-2/h3-4H,1-2H3/q+1. The molecule has 3 heteroatoms. The van der Waals surface area contributed by atoms with Crippen LogP contribution in [-0.4, -0.2) is 13.5 Å². The molecule has 0 spiro atoms. The molecule has 12 heavy (non-hydrogen) atoms. The number of benzene rings is 1. The fourth-order valence-electron chi connectivity index (χ4n) is 1.16. The topological polar surface area (TPSA) is 30.8 Å². The first-order valence-electron chi connectivity index (χ1n) is 3.62. The third kappa shape index (κ3) is 0.917. The highest BCUT2D eigenvalue weighted by molar-refractivity contribution is 5.73. The molecule has 1 aromatic rings. The molecule has 0 aromatic heterocycles. The molecule has 1 heterocycles. The van der Waals surface area contributed by atoms with E-state index in [0.717, 1.165) is 17.0 Å². The highest BCUT2D eigenvalue weighted by Gasteiger charge is 2.23. The Morgan fingerprint density at radius 1 is 1.50 bits per heavy atom. The van der Waals surface area contributed by atoms with Crippen molar-refractivity contribution in [2.75, 3.05) is 7.11 Å². The summed E-state index contributed by atoms with van der Waals surface area (Å²) in [5, 5.41) is 0. The molecular weight excluding hydrogens is 154 g/mol. The van der Waals surface area contributed by atoms with Gasteiger partial charge in [0.25, 0.3) is 5.69 Å². The van der Waals surface area contributed by atoms with Crippen molar-refractivity contribution in [1.29, 1.82) is 0 Å². The van der Waals surface area contributed by atoms with E-state index in [1.54, 1.807) is 7.11 Å². The molecule has 60 valence electrons. The lowest BCUT2D eigenvalue weighted by Crippen LogP contribution is -1.88. The van der Waals surface area contributed by atoms with Gasteiger partial charge in [-0.25, -0.2) is 0 Å². The van der Waals surface area contributed by atoms with Gasteiger partial charge in [0, 0.05) is 11.6 Å². The quantitative estimate of drug-likeness (QED) is 0.591. The van der Waals surface area contributed by atoms with Crippen LogP contribution in [0.1, 0.15) is 5.56 Å². The second-order valence-corrected chi connectivity index (χ2v) is 2.59. The summed E-state index contributed by atoms with van der Waals surface area (Å²) < 4.78 is 10.1. The fourth-order valence-corrected chi connectivity index (χ4v) is 1.16. The average molecular weight is 162 g/mol. The van der Waals surface area contributed by atoms with Crippen LogP contribution in [0, 0.1) is 6.92 Å². The van der Waals surface area contributed by atoms with E-state index in [0.29, 0.717) is 5.75 Å². The largest absolute Gasteiger partial charge is 0.495 e. The maximum Gasteiger partial charge on any atom is 0.370 e. The van der Waals surface area contributed by atoms with Gasteiger partial charge in [0.2, 0.25) is 0 Å². The van der Waals surface area contributed by atoms with Crippen molar-refractivity contribution < 1.29 is 9.47 Å². The summed E-state index contributed by atoms with van der Waals surface area (Å²) in [6, 6.07) is 3.72. The van der Waals surface area contributed by atoms with Gasteiger partial charge in [-0.15, -0.1) is 0 Å². The summed E-state index contributed by atoms with van der Waals surface area (Å²) in [4.78, 5) is 3.91. The molecule has 0 radical (unpaired) electrons. The Kier molecular flexibility index (Phi) is 1.45. The number of rotatable bonds is 1. The second kappa shape index (κ2) is 2.47. The maximum absolute atomic E-state index is 5.12. The van der Waals surface area contributed by atoms with Crippen molar-refractivity contribution in [2.45, 2.75) is 6.92 Å². The monoisotopic (exact) mass is 162 g/mol. The third-order valence-electron chi connectivity index (χ3n) is 1.80. The van der Waals surface area contributed by atoms with Crippen LogP contribution in [-0.2, 0) is 0 Å². The molecule has 1 aliphatic heterocycles. The second-order valence-electron chi connectivity index (χ2n) is 2.59. The van der Waals surface area contributed by atoms with Gasteiger partial charge < -0.3 is 4.74 Å². The molecule has 3 nitrogen and oxygen atoms in total. The molecule has 1 aliphatic rings. The van der Waals surface area contributed by atoms with Gasteiger partial charge >= 0.3 is 12.2 Å². The molecule has 0 saturated carbocycles. The van der Waals surface area contributed by atoms with Crippen LogP contribution in [0.4, 0.5) is 5.69 Å². The van der Waals surface area contributed by atoms with Gasteiger partial charge in [0.05, 0.1) is 13.2 Å². The van der Waals surface area contributed by atoms with Gasteiger partial charge in [0.15, 0.2) is 0 Å². The first-order valence-corrected chi connectivity index (χ1v) is 3.62. The van der Waals surface area contributed by atoms with Gasteiger partial charge in [-0.1, -0.05) is 0 Å². The van der Waals surface area contributed by atoms with Gasteiger partial charge in [-0.2, -0.15) is 0 Å². The number of aliphatic imine (C=N–C) groups is 1. The number of aryl methyl sites for hydroxylation is 1. The van der Waals surface area contributed by atoms with Crippen molar-refractivity contribution in [3.05, 3.63) is 17.7 Å². The number of nitrogens with zero attached hydrogens (tertiary/aromatic N) is 1. The van der Waals surface area contributed by atoms with E-state index in [9.17, 15) is 0 Å². The zero-order valence-corrected chi connectivity index (χ0v) is 6.92. The van der Waals surface area contributed by atoms with Gasteiger partial charge in [-0.05, 0) is 11.9 Å². The van der Waals surface area contributed by atoms with E-state index in [1.807, 2.05) is 19.1 Å². The van der Waals surface area contributed by atoms with Crippen LogP contribution in [0.15, 0.2) is 17.1 Å². The average Bonchev–Trinajstić information content (AvgIpc) is 2.49. The van der Waals surface area contributed by atoms with Crippen LogP contribution in [0.5, 0.6) is 11.5 Å². The zero-order chi connectivity index (χ0) is 8.55. The Morgan fingerprint density at radius 3 is 3.08 bits per heavy atom. The lowest BCUT2D eigenvalue weighted by Gasteiger charge is -2.00. The fraction of sp³-hybridized carbons (Fsp3) is 0.222. The Morgan fingerprint density at radius 2 is 2.33 bits per heavy atom. The molecule has 0 N–H and O–H groups in total. The molecule has 0 amide bonds. The number of methoxy groups -OCH3 is 1. The lowest BCUT2D eigenvalue weighted by molar-refractivity contribution is 0.409. The number of ether oxygens (including phenoxy) is 2. The first kappa shape index (κ1) is 7.07. The van der Waals surface area contributed by atoms with Gasteiger partial charge in [-0.3, -0.25) is 4.74 Å². The van der Waals surface area contributed by atoms with Crippen molar-refractivity contribution in [3.63, 3.8) is 0 Å².